The molecule has 1 heterocycles. The first kappa shape index (κ1) is 15.2. The Morgan fingerprint density at radius 1 is 1.50 bits per heavy atom. The van der Waals surface area contributed by atoms with Crippen LogP contribution in [0.2, 0.25) is 5.15 Å². The fraction of sp³-hybridized carbons (Fsp3) is 0.500. The molecule has 3 N–H and O–H groups in total. The van der Waals surface area contributed by atoms with Crippen LogP contribution in [0.5, 0.6) is 0 Å². The quantitative estimate of drug-likeness (QED) is 0.634. The van der Waals surface area contributed by atoms with E-state index in [1.165, 1.54) is 13.0 Å². The van der Waals surface area contributed by atoms with Gasteiger partial charge in [0.25, 0.3) is 0 Å². The van der Waals surface area contributed by atoms with E-state index in [2.05, 4.69) is 10.3 Å². The molecule has 0 spiro atoms. The van der Waals surface area contributed by atoms with Gasteiger partial charge in [0.1, 0.15) is 15.7 Å². The molecular formula is C12H16ClN3O3S. The van der Waals surface area contributed by atoms with E-state index in [-0.39, 0.29) is 17.5 Å². The number of rotatable bonds is 5. The molecule has 0 unspecified atom stereocenters. The molecule has 0 radical (unpaired) electrons. The van der Waals surface area contributed by atoms with Crippen molar-refractivity contribution >= 4 is 33.2 Å². The highest BCUT2D eigenvalue weighted by Gasteiger charge is 2.47. The smallest absolute Gasteiger partial charge is 0.216 e. The molecule has 2 rings (SSSR count). The molecule has 1 fully saturated rings. The second kappa shape index (κ2) is 5.31. The van der Waals surface area contributed by atoms with Gasteiger partial charge in [0.2, 0.25) is 10.0 Å². The number of aromatic nitrogens is 1. The Morgan fingerprint density at radius 2 is 2.15 bits per heavy atom. The molecule has 0 saturated heterocycles. The number of Topliss-reactive ketones (excluding diaryl/α,β-unsaturated/α-hetero) is 1. The molecule has 1 aromatic rings. The molecule has 0 bridgehead atoms. The molecule has 20 heavy (non-hydrogen) atoms. The number of hydrogen-bond donors (Lipinski definition) is 2. The maximum absolute atomic E-state index is 11.7. The van der Waals surface area contributed by atoms with Crippen LogP contribution in [0.25, 0.3) is 0 Å². The fourth-order valence-electron chi connectivity index (χ4n) is 2.23. The van der Waals surface area contributed by atoms with Gasteiger partial charge in [-0.25, -0.2) is 18.5 Å². The zero-order valence-electron chi connectivity index (χ0n) is 11.0. The minimum atomic E-state index is -3.65. The number of ketones is 1. The maximum Gasteiger partial charge on any atom is 0.216 e. The van der Waals surface area contributed by atoms with E-state index in [0.717, 1.165) is 6.42 Å². The predicted octanol–water partition coefficient (Wildman–Crippen LogP) is 1.56. The van der Waals surface area contributed by atoms with Crippen molar-refractivity contribution in [3.63, 3.8) is 0 Å². The first-order valence-electron chi connectivity index (χ1n) is 6.19. The van der Waals surface area contributed by atoms with E-state index < -0.39 is 14.8 Å². The van der Waals surface area contributed by atoms with E-state index >= 15 is 0 Å². The molecule has 1 aliphatic rings. The number of pyridine rings is 1. The van der Waals surface area contributed by atoms with Crippen molar-refractivity contribution in [1.82, 2.24) is 4.98 Å². The van der Waals surface area contributed by atoms with Crippen LogP contribution < -0.4 is 10.5 Å². The van der Waals surface area contributed by atoms with Gasteiger partial charge in [-0.1, -0.05) is 18.0 Å². The van der Waals surface area contributed by atoms with Crippen LogP contribution in [-0.4, -0.2) is 30.5 Å². The van der Waals surface area contributed by atoms with Crippen molar-refractivity contribution < 1.29 is 13.2 Å². The maximum atomic E-state index is 11.7. The number of hydrogen-bond acceptors (Lipinski definition) is 5. The summed E-state index contributed by atoms with van der Waals surface area (Å²) in [5, 5.41) is 8.43. The van der Waals surface area contributed by atoms with Crippen LogP contribution in [0, 0.1) is 0 Å². The average molecular weight is 318 g/mol. The van der Waals surface area contributed by atoms with E-state index in [1.807, 2.05) is 0 Å². The lowest BCUT2D eigenvalue weighted by Crippen LogP contribution is -2.53. The molecule has 1 saturated carbocycles. The topological polar surface area (TPSA) is 102 Å². The Hall–Kier alpha value is -1.18. The molecule has 1 aromatic heterocycles. The van der Waals surface area contributed by atoms with Crippen molar-refractivity contribution in [2.45, 2.75) is 30.9 Å². The van der Waals surface area contributed by atoms with Gasteiger partial charge < -0.3 is 5.32 Å². The highest BCUT2D eigenvalue weighted by atomic mass is 35.5. The van der Waals surface area contributed by atoms with E-state index in [1.54, 1.807) is 6.07 Å². The van der Waals surface area contributed by atoms with Gasteiger partial charge in [-0.05, 0) is 31.9 Å². The molecule has 110 valence electrons. The number of carbonyl (C=O) groups is 1. The summed E-state index contributed by atoms with van der Waals surface area (Å²) < 4.78 is 22.4. The number of sulfonamides is 1. The van der Waals surface area contributed by atoms with Gasteiger partial charge in [-0.15, -0.1) is 0 Å². The molecule has 0 aromatic carbocycles. The molecule has 0 atom stereocenters. The Kier molecular flexibility index (Phi) is 4.04. The lowest BCUT2D eigenvalue weighted by molar-refractivity contribution is 0.101. The van der Waals surface area contributed by atoms with Crippen molar-refractivity contribution in [3.8, 4) is 0 Å². The summed E-state index contributed by atoms with van der Waals surface area (Å²) in [6.07, 6.45) is 1.84. The van der Waals surface area contributed by atoms with Crippen LogP contribution >= 0.6 is 11.6 Å². The molecule has 0 amide bonds. The number of primary sulfonamides is 1. The van der Waals surface area contributed by atoms with Gasteiger partial charge in [0.05, 0.1) is 5.56 Å². The number of anilines is 1. The summed E-state index contributed by atoms with van der Waals surface area (Å²) in [7, 11) is -3.65. The highest BCUT2D eigenvalue weighted by Crippen LogP contribution is 2.38. The predicted molar refractivity (Wildman–Crippen MR) is 77.4 cm³/mol. The minimum Gasteiger partial charge on any atom is -0.368 e. The number of nitrogens with zero attached hydrogens (tertiary/aromatic N) is 1. The zero-order chi connectivity index (χ0) is 15.0. The number of nitrogens with two attached hydrogens (primary N) is 1. The molecule has 0 aliphatic heterocycles. The van der Waals surface area contributed by atoms with E-state index in [4.69, 9.17) is 16.7 Å². The summed E-state index contributed by atoms with van der Waals surface area (Å²) in [5.74, 6) is 0.120. The Bertz CT molecular complexity index is 641. The lowest BCUT2D eigenvalue weighted by Gasteiger charge is -2.39. The largest absolute Gasteiger partial charge is 0.368 e. The average Bonchev–Trinajstić information content (AvgIpc) is 2.25. The second-order valence-electron chi connectivity index (χ2n) is 5.02. The number of halogens is 1. The Labute approximate surface area is 122 Å². The van der Waals surface area contributed by atoms with Crippen LogP contribution in [0.15, 0.2) is 12.1 Å². The summed E-state index contributed by atoms with van der Waals surface area (Å²) in [6.45, 7) is 1.54. The monoisotopic (exact) mass is 317 g/mol. The molecule has 6 nitrogen and oxygen atoms in total. The molecular weight excluding hydrogens is 302 g/mol. The number of carbonyl (C=O) groups excluding carboxylic acids is 1. The Morgan fingerprint density at radius 3 is 2.60 bits per heavy atom. The first-order valence-corrected chi connectivity index (χ1v) is 8.11. The van der Waals surface area contributed by atoms with Crippen molar-refractivity contribution in [1.29, 1.82) is 0 Å². The van der Waals surface area contributed by atoms with Crippen LogP contribution in [0.3, 0.4) is 0 Å². The second-order valence-corrected chi connectivity index (χ2v) is 7.36. The van der Waals surface area contributed by atoms with E-state index in [9.17, 15) is 13.2 Å². The third-order valence-corrected chi connectivity index (χ3v) is 5.66. The SMILES string of the molecule is CC(=O)c1ccc(Cl)nc1NCC1(S(N)(=O)=O)CCC1. The van der Waals surface area contributed by atoms with Gasteiger partial charge in [-0.2, -0.15) is 0 Å². The van der Waals surface area contributed by atoms with Gasteiger partial charge in [0, 0.05) is 6.54 Å². The normalized spacial score (nSPS) is 17.4. The van der Waals surface area contributed by atoms with Crippen LogP contribution in [0.4, 0.5) is 5.82 Å². The summed E-state index contributed by atoms with van der Waals surface area (Å²) >= 11 is 5.80. The summed E-state index contributed by atoms with van der Waals surface area (Å²) in [5.41, 5.74) is 0.373. The number of nitrogens with one attached hydrogen (secondary N) is 1. The van der Waals surface area contributed by atoms with E-state index in [0.29, 0.717) is 24.2 Å². The summed E-state index contributed by atoms with van der Waals surface area (Å²) in [4.78, 5) is 15.6. The van der Waals surface area contributed by atoms with Gasteiger partial charge in [0.15, 0.2) is 5.78 Å². The van der Waals surface area contributed by atoms with Gasteiger partial charge >= 0.3 is 0 Å². The molecule has 8 heteroatoms. The lowest BCUT2D eigenvalue weighted by atomic mass is 9.84. The summed E-state index contributed by atoms with van der Waals surface area (Å²) in [6, 6.07) is 3.08. The molecule has 1 aliphatic carbocycles. The minimum absolute atomic E-state index is 0.124. The van der Waals surface area contributed by atoms with Gasteiger partial charge in [-0.3, -0.25) is 4.79 Å². The third-order valence-electron chi connectivity index (χ3n) is 3.69. The van der Waals surface area contributed by atoms with Crippen LogP contribution in [0.1, 0.15) is 36.5 Å². The Balaban J connectivity index is 2.23. The zero-order valence-corrected chi connectivity index (χ0v) is 12.6. The third kappa shape index (κ3) is 2.79. The van der Waals surface area contributed by atoms with Crippen molar-refractivity contribution in [2.75, 3.05) is 11.9 Å². The van der Waals surface area contributed by atoms with Crippen molar-refractivity contribution in [3.05, 3.63) is 22.8 Å². The van der Waals surface area contributed by atoms with Crippen molar-refractivity contribution in [2.24, 2.45) is 5.14 Å². The standard InChI is InChI=1S/C12H16ClN3O3S/c1-8(17)9-3-4-10(13)16-11(9)15-7-12(5-2-6-12)20(14,18)19/h3-4H,2,5-7H2,1H3,(H,15,16)(H2,14,18,19). The first-order chi connectivity index (χ1) is 9.25. The van der Waals surface area contributed by atoms with Crippen LogP contribution in [-0.2, 0) is 10.0 Å². The fourth-order valence-corrected chi connectivity index (χ4v) is 3.51. The highest BCUT2D eigenvalue weighted by molar-refractivity contribution is 7.90.